The largest absolute Gasteiger partial charge is 0.324 e. The Balaban J connectivity index is 2.15. The van der Waals surface area contributed by atoms with Gasteiger partial charge in [0.1, 0.15) is 12.4 Å². The average Bonchev–Trinajstić information content (AvgIpc) is 2.39. The molecule has 1 heterocycles. The number of rotatable bonds is 4. The first-order chi connectivity index (χ1) is 8.69. The van der Waals surface area contributed by atoms with Gasteiger partial charge in [0, 0.05) is 5.69 Å². The Kier molecular flexibility index (Phi) is 3.47. The van der Waals surface area contributed by atoms with Crippen molar-refractivity contribution in [2.24, 2.45) is 0 Å². The zero-order chi connectivity index (χ0) is 13.0. The van der Waals surface area contributed by atoms with Gasteiger partial charge in [0.15, 0.2) is 0 Å². The molecule has 0 unspecified atom stereocenters. The third-order valence-electron chi connectivity index (χ3n) is 2.44. The second-order valence-corrected chi connectivity index (χ2v) is 3.70. The first kappa shape index (κ1) is 12.0. The van der Waals surface area contributed by atoms with E-state index in [1.165, 1.54) is 18.0 Å². The molecule has 0 spiro atoms. The number of anilines is 2. The Labute approximate surface area is 104 Å². The number of aryl methyl sites for hydroxylation is 1. The van der Waals surface area contributed by atoms with Gasteiger partial charge in [-0.2, -0.15) is 0 Å². The van der Waals surface area contributed by atoms with Crippen LogP contribution in [0.1, 0.15) is 12.5 Å². The normalized spacial score (nSPS) is 10.1. The number of hydrogen-bond donors (Lipinski definition) is 1. The van der Waals surface area contributed by atoms with Crippen LogP contribution < -0.4 is 5.32 Å². The molecule has 0 atom stereocenters. The van der Waals surface area contributed by atoms with Crippen LogP contribution in [0.5, 0.6) is 0 Å². The van der Waals surface area contributed by atoms with Gasteiger partial charge in [-0.1, -0.05) is 19.1 Å². The van der Waals surface area contributed by atoms with Crippen molar-refractivity contribution in [2.75, 3.05) is 5.32 Å². The first-order valence-electron chi connectivity index (χ1n) is 5.51. The van der Waals surface area contributed by atoms with Gasteiger partial charge >= 0.3 is 5.69 Å². The minimum atomic E-state index is -0.526. The molecular weight excluding hydrogens is 232 g/mol. The zero-order valence-corrected chi connectivity index (χ0v) is 9.83. The van der Waals surface area contributed by atoms with Crippen molar-refractivity contribution in [2.45, 2.75) is 13.3 Å². The fraction of sp³-hybridized carbons (Fsp3) is 0.167. The summed E-state index contributed by atoms with van der Waals surface area (Å²) in [5.74, 6) is 0.342. The summed E-state index contributed by atoms with van der Waals surface area (Å²) in [5.41, 5.74) is 1.94. The van der Waals surface area contributed by atoms with E-state index in [1.54, 1.807) is 0 Å². The van der Waals surface area contributed by atoms with Gasteiger partial charge in [0.2, 0.25) is 5.95 Å². The predicted octanol–water partition coefficient (Wildman–Crippen LogP) is 2.69. The van der Waals surface area contributed by atoms with Gasteiger partial charge < -0.3 is 5.32 Å². The maximum Gasteiger partial charge on any atom is 0.305 e. The van der Waals surface area contributed by atoms with Crippen LogP contribution in [-0.4, -0.2) is 14.9 Å². The van der Waals surface area contributed by atoms with Gasteiger partial charge in [0.05, 0.1) is 4.92 Å². The molecule has 0 aliphatic rings. The van der Waals surface area contributed by atoms with E-state index in [-0.39, 0.29) is 5.69 Å². The summed E-state index contributed by atoms with van der Waals surface area (Å²) in [7, 11) is 0. The van der Waals surface area contributed by atoms with E-state index < -0.39 is 4.92 Å². The van der Waals surface area contributed by atoms with Crippen molar-refractivity contribution in [1.82, 2.24) is 9.97 Å². The zero-order valence-electron chi connectivity index (χ0n) is 9.83. The number of hydrogen-bond acceptors (Lipinski definition) is 5. The number of aromatic nitrogens is 2. The highest BCUT2D eigenvalue weighted by Crippen LogP contribution is 2.16. The second-order valence-electron chi connectivity index (χ2n) is 3.70. The summed E-state index contributed by atoms with van der Waals surface area (Å²) in [4.78, 5) is 17.7. The quantitative estimate of drug-likeness (QED) is 0.660. The van der Waals surface area contributed by atoms with Crippen molar-refractivity contribution < 1.29 is 4.92 Å². The van der Waals surface area contributed by atoms with Crippen LogP contribution in [0.4, 0.5) is 17.3 Å². The van der Waals surface area contributed by atoms with Crippen LogP contribution in [0.2, 0.25) is 0 Å². The van der Waals surface area contributed by atoms with Crippen LogP contribution in [0.3, 0.4) is 0 Å². The van der Waals surface area contributed by atoms with Gasteiger partial charge in [-0.15, -0.1) is 0 Å². The van der Waals surface area contributed by atoms with Crippen molar-refractivity contribution in [3.8, 4) is 0 Å². The fourth-order valence-electron chi connectivity index (χ4n) is 1.48. The van der Waals surface area contributed by atoms with E-state index in [0.29, 0.717) is 5.95 Å². The lowest BCUT2D eigenvalue weighted by atomic mass is 10.1. The number of nitrogens with one attached hydrogen (secondary N) is 1. The molecule has 1 N–H and O–H groups in total. The van der Waals surface area contributed by atoms with Crippen molar-refractivity contribution in [3.63, 3.8) is 0 Å². The monoisotopic (exact) mass is 244 g/mol. The molecule has 0 saturated carbocycles. The highest BCUT2D eigenvalue weighted by molar-refractivity contribution is 5.54. The molecular formula is C12H12N4O2. The van der Waals surface area contributed by atoms with Crippen LogP contribution in [0, 0.1) is 10.1 Å². The minimum Gasteiger partial charge on any atom is -0.324 e. The SMILES string of the molecule is CCc1cccc(Nc2ncc([N+](=O)[O-])cn2)c1. The van der Waals surface area contributed by atoms with Crippen LogP contribution in [0.15, 0.2) is 36.7 Å². The Hall–Kier alpha value is -2.50. The maximum absolute atomic E-state index is 10.5. The highest BCUT2D eigenvalue weighted by atomic mass is 16.6. The lowest BCUT2D eigenvalue weighted by molar-refractivity contribution is -0.385. The third-order valence-corrected chi connectivity index (χ3v) is 2.44. The smallest absolute Gasteiger partial charge is 0.305 e. The molecule has 6 nitrogen and oxygen atoms in total. The van der Waals surface area contributed by atoms with E-state index in [1.807, 2.05) is 24.3 Å². The molecule has 92 valence electrons. The summed E-state index contributed by atoms with van der Waals surface area (Å²) in [5, 5.41) is 13.5. The molecule has 0 saturated heterocycles. The molecule has 1 aromatic heterocycles. The van der Waals surface area contributed by atoms with Crippen LogP contribution >= 0.6 is 0 Å². The van der Waals surface area contributed by atoms with E-state index in [9.17, 15) is 10.1 Å². The van der Waals surface area contributed by atoms with Gasteiger partial charge in [0.25, 0.3) is 0 Å². The number of nitro groups is 1. The molecule has 2 rings (SSSR count). The molecule has 0 fully saturated rings. The highest BCUT2D eigenvalue weighted by Gasteiger charge is 2.06. The third kappa shape index (κ3) is 2.79. The molecule has 0 bridgehead atoms. The van der Waals surface area contributed by atoms with Crippen LogP contribution in [0.25, 0.3) is 0 Å². The lowest BCUT2D eigenvalue weighted by Gasteiger charge is -2.05. The molecule has 18 heavy (non-hydrogen) atoms. The summed E-state index contributed by atoms with van der Waals surface area (Å²) < 4.78 is 0. The molecule has 6 heteroatoms. The maximum atomic E-state index is 10.5. The molecule has 2 aromatic rings. The van der Waals surface area contributed by atoms with Crippen molar-refractivity contribution in [3.05, 3.63) is 52.3 Å². The summed E-state index contributed by atoms with van der Waals surface area (Å²) >= 11 is 0. The second kappa shape index (κ2) is 5.22. The topological polar surface area (TPSA) is 81.0 Å². The summed E-state index contributed by atoms with van der Waals surface area (Å²) in [6, 6.07) is 7.85. The summed E-state index contributed by atoms with van der Waals surface area (Å²) in [6.07, 6.45) is 3.30. The molecule has 0 aliphatic carbocycles. The van der Waals surface area contributed by atoms with Gasteiger partial charge in [-0.25, -0.2) is 9.97 Å². The van der Waals surface area contributed by atoms with E-state index in [4.69, 9.17) is 0 Å². The Morgan fingerprint density at radius 2 is 2.06 bits per heavy atom. The van der Waals surface area contributed by atoms with Crippen molar-refractivity contribution in [1.29, 1.82) is 0 Å². The number of benzene rings is 1. The van der Waals surface area contributed by atoms with Crippen molar-refractivity contribution >= 4 is 17.3 Å². The standard InChI is InChI=1S/C12H12N4O2/c1-2-9-4-3-5-10(6-9)15-12-13-7-11(8-14-12)16(17)18/h3-8H,2H2,1H3,(H,13,14,15). The average molecular weight is 244 g/mol. The predicted molar refractivity (Wildman–Crippen MR) is 67.8 cm³/mol. The van der Waals surface area contributed by atoms with E-state index >= 15 is 0 Å². The molecule has 0 amide bonds. The molecule has 0 radical (unpaired) electrons. The Bertz CT molecular complexity index is 554. The van der Waals surface area contributed by atoms with E-state index in [0.717, 1.165) is 12.1 Å². The molecule has 0 aliphatic heterocycles. The summed E-state index contributed by atoms with van der Waals surface area (Å²) in [6.45, 7) is 2.07. The van der Waals surface area contributed by atoms with Gasteiger partial charge in [-0.3, -0.25) is 10.1 Å². The van der Waals surface area contributed by atoms with Gasteiger partial charge in [-0.05, 0) is 24.1 Å². The fourth-order valence-corrected chi connectivity index (χ4v) is 1.48. The Morgan fingerprint density at radius 3 is 2.67 bits per heavy atom. The molecule has 1 aromatic carbocycles. The van der Waals surface area contributed by atoms with Crippen LogP contribution in [-0.2, 0) is 6.42 Å². The minimum absolute atomic E-state index is 0.122. The first-order valence-corrected chi connectivity index (χ1v) is 5.51. The Morgan fingerprint density at radius 1 is 1.33 bits per heavy atom. The van der Waals surface area contributed by atoms with E-state index in [2.05, 4.69) is 22.2 Å². The lowest BCUT2D eigenvalue weighted by Crippen LogP contribution is -1.98. The number of nitrogens with zero attached hydrogens (tertiary/aromatic N) is 3.